The molecule has 0 saturated heterocycles. The molecule has 0 aliphatic rings. The summed E-state index contributed by atoms with van der Waals surface area (Å²) >= 11 is 0. The Kier molecular flexibility index (Phi) is 3.96. The number of nitrogens with one attached hydrogen (secondary N) is 1. The fourth-order valence-electron chi connectivity index (χ4n) is 1.68. The second-order valence-electron chi connectivity index (χ2n) is 3.80. The number of nitrogen functional groups attached to an aromatic ring is 1. The van der Waals surface area contributed by atoms with Gasteiger partial charge in [0.25, 0.3) is 0 Å². The molecule has 0 unspecified atom stereocenters. The van der Waals surface area contributed by atoms with Crippen LogP contribution in [0.4, 0.5) is 11.6 Å². The molecule has 5 heteroatoms. The van der Waals surface area contributed by atoms with Crippen LogP contribution in [-0.4, -0.2) is 23.6 Å². The van der Waals surface area contributed by atoms with Gasteiger partial charge in [-0.2, -0.15) is 0 Å². The normalized spacial score (nSPS) is 10.1. The second-order valence-corrected chi connectivity index (χ2v) is 3.80. The van der Waals surface area contributed by atoms with Crippen molar-refractivity contribution in [2.75, 3.05) is 24.7 Å². The molecule has 1 aromatic carbocycles. The molecule has 0 bridgehead atoms. The van der Waals surface area contributed by atoms with Crippen molar-refractivity contribution in [1.29, 1.82) is 0 Å². The van der Waals surface area contributed by atoms with Crippen LogP contribution in [0.3, 0.4) is 0 Å². The van der Waals surface area contributed by atoms with Gasteiger partial charge in [-0.1, -0.05) is 30.3 Å². The first kappa shape index (κ1) is 12.2. The number of rotatable bonds is 5. The Morgan fingerprint density at radius 1 is 1.22 bits per heavy atom. The molecule has 0 aliphatic heterocycles. The van der Waals surface area contributed by atoms with Crippen molar-refractivity contribution < 1.29 is 4.74 Å². The van der Waals surface area contributed by atoms with E-state index in [1.165, 1.54) is 11.9 Å². The van der Waals surface area contributed by atoms with Crippen molar-refractivity contribution in [3.8, 4) is 5.75 Å². The molecule has 2 rings (SSSR count). The number of methoxy groups -OCH3 is 1. The summed E-state index contributed by atoms with van der Waals surface area (Å²) in [5, 5.41) is 3.20. The minimum Gasteiger partial charge on any atom is -0.490 e. The Hall–Kier alpha value is -2.30. The van der Waals surface area contributed by atoms with Gasteiger partial charge in [0.1, 0.15) is 6.33 Å². The van der Waals surface area contributed by atoms with Crippen molar-refractivity contribution in [1.82, 2.24) is 9.97 Å². The third-order valence-electron chi connectivity index (χ3n) is 2.58. The monoisotopic (exact) mass is 244 g/mol. The predicted molar refractivity (Wildman–Crippen MR) is 71.6 cm³/mol. The van der Waals surface area contributed by atoms with Crippen LogP contribution in [0.15, 0.2) is 36.7 Å². The van der Waals surface area contributed by atoms with Gasteiger partial charge in [0.2, 0.25) is 5.75 Å². The minimum absolute atomic E-state index is 0.342. The summed E-state index contributed by atoms with van der Waals surface area (Å²) in [6, 6.07) is 10.2. The minimum atomic E-state index is 0.342. The number of hydrogen-bond acceptors (Lipinski definition) is 5. The Balaban J connectivity index is 1.96. The molecule has 1 aromatic heterocycles. The number of benzene rings is 1. The summed E-state index contributed by atoms with van der Waals surface area (Å²) in [5.74, 6) is 1.46. The van der Waals surface area contributed by atoms with E-state index in [-0.39, 0.29) is 0 Å². The molecule has 0 spiro atoms. The van der Waals surface area contributed by atoms with E-state index in [0.29, 0.717) is 17.4 Å². The van der Waals surface area contributed by atoms with E-state index in [1.807, 2.05) is 18.2 Å². The maximum atomic E-state index is 5.70. The van der Waals surface area contributed by atoms with Gasteiger partial charge in [-0.25, -0.2) is 9.97 Å². The number of hydrogen-bond donors (Lipinski definition) is 2. The lowest BCUT2D eigenvalue weighted by Crippen LogP contribution is -2.09. The van der Waals surface area contributed by atoms with Crippen molar-refractivity contribution in [2.24, 2.45) is 0 Å². The molecule has 0 atom stereocenters. The highest BCUT2D eigenvalue weighted by atomic mass is 16.5. The summed E-state index contributed by atoms with van der Waals surface area (Å²) in [6.07, 6.45) is 2.33. The van der Waals surface area contributed by atoms with Crippen LogP contribution in [0.2, 0.25) is 0 Å². The molecule has 1 heterocycles. The highest BCUT2D eigenvalue weighted by molar-refractivity contribution is 5.61. The molecule has 0 radical (unpaired) electrons. The van der Waals surface area contributed by atoms with Gasteiger partial charge in [-0.3, -0.25) is 0 Å². The molecule has 5 nitrogen and oxygen atoms in total. The summed E-state index contributed by atoms with van der Waals surface area (Å²) in [4.78, 5) is 7.99. The highest BCUT2D eigenvalue weighted by Gasteiger charge is 2.08. The Morgan fingerprint density at radius 3 is 2.72 bits per heavy atom. The molecule has 3 N–H and O–H groups in total. The standard InChI is InChI=1S/C13H16N4O/c1-18-11-12(14)16-9-17-13(11)15-8-7-10-5-3-2-4-6-10/h2-6,9H,7-8H2,1H3,(H3,14,15,16,17). The molecule has 0 aliphatic carbocycles. The summed E-state index contributed by atoms with van der Waals surface area (Å²) in [6.45, 7) is 0.761. The Labute approximate surface area is 106 Å². The zero-order chi connectivity index (χ0) is 12.8. The molecule has 0 amide bonds. The maximum absolute atomic E-state index is 5.70. The van der Waals surface area contributed by atoms with Gasteiger partial charge >= 0.3 is 0 Å². The van der Waals surface area contributed by atoms with E-state index >= 15 is 0 Å². The van der Waals surface area contributed by atoms with Crippen molar-refractivity contribution in [3.63, 3.8) is 0 Å². The Morgan fingerprint density at radius 2 is 2.00 bits per heavy atom. The fourth-order valence-corrected chi connectivity index (χ4v) is 1.68. The first-order valence-corrected chi connectivity index (χ1v) is 5.73. The van der Waals surface area contributed by atoms with E-state index in [4.69, 9.17) is 10.5 Å². The van der Waals surface area contributed by atoms with E-state index in [0.717, 1.165) is 13.0 Å². The molecule has 94 valence electrons. The lowest BCUT2D eigenvalue weighted by atomic mass is 10.1. The number of ether oxygens (including phenoxy) is 1. The van der Waals surface area contributed by atoms with Crippen LogP contribution in [0.1, 0.15) is 5.56 Å². The van der Waals surface area contributed by atoms with Crippen LogP contribution in [-0.2, 0) is 6.42 Å². The maximum Gasteiger partial charge on any atom is 0.203 e. The third-order valence-corrected chi connectivity index (χ3v) is 2.58. The topological polar surface area (TPSA) is 73.1 Å². The van der Waals surface area contributed by atoms with Gasteiger partial charge in [-0.05, 0) is 12.0 Å². The van der Waals surface area contributed by atoms with E-state index in [1.54, 1.807) is 7.11 Å². The van der Waals surface area contributed by atoms with Crippen LogP contribution in [0.5, 0.6) is 5.75 Å². The summed E-state index contributed by atoms with van der Waals surface area (Å²) in [7, 11) is 1.55. The third kappa shape index (κ3) is 2.88. The smallest absolute Gasteiger partial charge is 0.203 e. The lowest BCUT2D eigenvalue weighted by Gasteiger charge is -2.10. The largest absolute Gasteiger partial charge is 0.490 e. The lowest BCUT2D eigenvalue weighted by molar-refractivity contribution is 0.415. The number of aromatic nitrogens is 2. The van der Waals surface area contributed by atoms with Gasteiger partial charge in [0.05, 0.1) is 7.11 Å². The molecular formula is C13H16N4O. The first-order chi connectivity index (χ1) is 8.81. The van der Waals surface area contributed by atoms with Gasteiger partial charge < -0.3 is 15.8 Å². The van der Waals surface area contributed by atoms with Crippen molar-refractivity contribution in [2.45, 2.75) is 6.42 Å². The zero-order valence-electron chi connectivity index (χ0n) is 10.3. The first-order valence-electron chi connectivity index (χ1n) is 5.73. The molecule has 2 aromatic rings. The number of nitrogens with zero attached hydrogens (tertiary/aromatic N) is 2. The van der Waals surface area contributed by atoms with Gasteiger partial charge in [0, 0.05) is 6.54 Å². The Bertz CT molecular complexity index is 502. The number of nitrogens with two attached hydrogens (primary N) is 1. The van der Waals surface area contributed by atoms with Gasteiger partial charge in [-0.15, -0.1) is 0 Å². The molecular weight excluding hydrogens is 228 g/mol. The van der Waals surface area contributed by atoms with Crippen molar-refractivity contribution >= 4 is 11.6 Å². The van der Waals surface area contributed by atoms with Crippen LogP contribution in [0, 0.1) is 0 Å². The zero-order valence-corrected chi connectivity index (χ0v) is 10.3. The van der Waals surface area contributed by atoms with Gasteiger partial charge in [0.15, 0.2) is 11.6 Å². The SMILES string of the molecule is COc1c(N)ncnc1NCCc1ccccc1. The molecule has 18 heavy (non-hydrogen) atoms. The molecule has 0 fully saturated rings. The summed E-state index contributed by atoms with van der Waals surface area (Å²) in [5.41, 5.74) is 6.97. The average Bonchev–Trinajstić information content (AvgIpc) is 2.40. The molecule has 0 saturated carbocycles. The predicted octanol–water partition coefficient (Wildman–Crippen LogP) is 1.72. The highest BCUT2D eigenvalue weighted by Crippen LogP contribution is 2.25. The van der Waals surface area contributed by atoms with Crippen LogP contribution < -0.4 is 15.8 Å². The quantitative estimate of drug-likeness (QED) is 0.837. The number of anilines is 2. The van der Waals surface area contributed by atoms with E-state index < -0.39 is 0 Å². The van der Waals surface area contributed by atoms with E-state index in [9.17, 15) is 0 Å². The second kappa shape index (κ2) is 5.86. The van der Waals surface area contributed by atoms with Crippen LogP contribution in [0.25, 0.3) is 0 Å². The fraction of sp³-hybridized carbons (Fsp3) is 0.231. The van der Waals surface area contributed by atoms with Crippen LogP contribution >= 0.6 is 0 Å². The van der Waals surface area contributed by atoms with Crippen molar-refractivity contribution in [3.05, 3.63) is 42.2 Å². The average molecular weight is 244 g/mol. The van der Waals surface area contributed by atoms with E-state index in [2.05, 4.69) is 27.4 Å². The summed E-state index contributed by atoms with van der Waals surface area (Å²) < 4.78 is 5.17.